The van der Waals surface area contributed by atoms with E-state index in [1.807, 2.05) is 19.1 Å². The van der Waals surface area contributed by atoms with Crippen molar-refractivity contribution in [1.29, 1.82) is 0 Å². The molecule has 1 aliphatic heterocycles. The molecule has 0 spiro atoms. The van der Waals surface area contributed by atoms with E-state index in [1.54, 1.807) is 0 Å². The molecule has 0 unspecified atom stereocenters. The Morgan fingerprint density at radius 1 is 1.37 bits per heavy atom. The van der Waals surface area contributed by atoms with E-state index < -0.39 is 0 Å². The highest BCUT2D eigenvalue weighted by Gasteiger charge is 2.10. The van der Waals surface area contributed by atoms with Gasteiger partial charge in [0.1, 0.15) is 11.6 Å². The third kappa shape index (κ3) is 4.44. The molecule has 5 heteroatoms. The van der Waals surface area contributed by atoms with Crippen LogP contribution < -0.4 is 10.5 Å². The second kappa shape index (κ2) is 6.82. The fraction of sp³-hybridized carbons (Fsp3) is 0.571. The average molecular weight is 279 g/mol. The Balaban J connectivity index is 1.86. The van der Waals surface area contributed by atoms with E-state index in [2.05, 4.69) is 9.88 Å². The minimum atomic E-state index is 0.381. The highest BCUT2D eigenvalue weighted by atomic mass is 32.1. The van der Waals surface area contributed by atoms with Crippen LogP contribution in [0.1, 0.15) is 30.5 Å². The molecule has 19 heavy (non-hydrogen) atoms. The van der Waals surface area contributed by atoms with Crippen molar-refractivity contribution in [3.05, 3.63) is 23.4 Å². The maximum absolute atomic E-state index is 5.71. The Labute approximate surface area is 120 Å². The molecule has 0 radical (unpaired) electrons. The molecule has 0 aliphatic carbocycles. The summed E-state index contributed by atoms with van der Waals surface area (Å²) in [5.74, 6) is 0.611. The first-order chi connectivity index (χ1) is 9.15. The summed E-state index contributed by atoms with van der Waals surface area (Å²) in [6, 6.07) is 3.69. The molecular formula is C14H21N3OS. The zero-order valence-corrected chi connectivity index (χ0v) is 12.2. The highest BCUT2D eigenvalue weighted by molar-refractivity contribution is 7.80. The highest BCUT2D eigenvalue weighted by Crippen LogP contribution is 2.13. The molecule has 0 bridgehead atoms. The molecule has 4 nitrogen and oxygen atoms in total. The molecule has 0 aromatic carbocycles. The average Bonchev–Trinajstić information content (AvgIpc) is 2.39. The zero-order chi connectivity index (χ0) is 13.7. The summed E-state index contributed by atoms with van der Waals surface area (Å²) in [5, 5.41) is 0. The summed E-state index contributed by atoms with van der Waals surface area (Å²) >= 11 is 4.98. The Hall–Kier alpha value is -1.20. The molecule has 0 saturated carbocycles. The maximum Gasteiger partial charge on any atom is 0.214 e. The lowest BCUT2D eigenvalue weighted by Crippen LogP contribution is -2.33. The van der Waals surface area contributed by atoms with Crippen molar-refractivity contribution in [1.82, 2.24) is 9.88 Å². The first-order valence-electron chi connectivity index (χ1n) is 6.79. The van der Waals surface area contributed by atoms with Crippen LogP contribution >= 0.6 is 12.2 Å². The molecule has 1 aromatic heterocycles. The lowest BCUT2D eigenvalue weighted by atomic mass is 10.1. The number of aromatic nitrogens is 1. The molecule has 2 heterocycles. The predicted octanol–water partition coefficient (Wildman–Crippen LogP) is 1.89. The van der Waals surface area contributed by atoms with Gasteiger partial charge in [0.2, 0.25) is 5.88 Å². The lowest BCUT2D eigenvalue weighted by molar-refractivity contribution is 0.180. The normalized spacial score (nSPS) is 16.3. The van der Waals surface area contributed by atoms with Crippen molar-refractivity contribution in [2.75, 3.05) is 26.2 Å². The number of ether oxygens (including phenoxy) is 1. The number of hydrogen-bond acceptors (Lipinski definition) is 4. The predicted molar refractivity (Wildman–Crippen MR) is 80.6 cm³/mol. The number of nitrogens with two attached hydrogens (primary N) is 1. The SMILES string of the molecule is Cc1cc(C(N)=S)cc(OCCN2CCCCC2)n1. The van der Waals surface area contributed by atoms with E-state index in [4.69, 9.17) is 22.7 Å². The van der Waals surface area contributed by atoms with Gasteiger partial charge in [0.15, 0.2) is 0 Å². The van der Waals surface area contributed by atoms with Gasteiger partial charge in [-0.3, -0.25) is 4.90 Å². The Bertz CT molecular complexity index is 444. The van der Waals surface area contributed by atoms with E-state index in [-0.39, 0.29) is 0 Å². The number of pyridine rings is 1. The molecule has 0 atom stereocenters. The largest absolute Gasteiger partial charge is 0.476 e. The number of thiocarbonyl (C=S) groups is 1. The van der Waals surface area contributed by atoms with E-state index in [1.165, 1.54) is 32.4 Å². The quantitative estimate of drug-likeness (QED) is 0.834. The third-order valence-electron chi connectivity index (χ3n) is 3.32. The minimum absolute atomic E-state index is 0.381. The van der Waals surface area contributed by atoms with Crippen LogP contribution in [0.2, 0.25) is 0 Å². The Morgan fingerprint density at radius 3 is 2.79 bits per heavy atom. The van der Waals surface area contributed by atoms with Gasteiger partial charge in [-0.1, -0.05) is 18.6 Å². The van der Waals surface area contributed by atoms with Crippen molar-refractivity contribution in [2.45, 2.75) is 26.2 Å². The van der Waals surface area contributed by atoms with Crippen molar-refractivity contribution in [3.63, 3.8) is 0 Å². The van der Waals surface area contributed by atoms with Crippen LogP contribution in [-0.2, 0) is 0 Å². The topological polar surface area (TPSA) is 51.4 Å². The number of likely N-dealkylation sites (tertiary alicyclic amines) is 1. The van der Waals surface area contributed by atoms with Gasteiger partial charge >= 0.3 is 0 Å². The number of rotatable bonds is 5. The fourth-order valence-corrected chi connectivity index (χ4v) is 2.43. The van der Waals surface area contributed by atoms with Crippen LogP contribution in [0.25, 0.3) is 0 Å². The monoisotopic (exact) mass is 279 g/mol. The first-order valence-corrected chi connectivity index (χ1v) is 7.19. The molecule has 2 rings (SSSR count). The van der Waals surface area contributed by atoms with Crippen molar-refractivity contribution in [2.24, 2.45) is 5.73 Å². The van der Waals surface area contributed by atoms with E-state index in [0.29, 0.717) is 17.5 Å². The second-order valence-electron chi connectivity index (χ2n) is 4.95. The first kappa shape index (κ1) is 14.2. The maximum atomic E-state index is 5.71. The van der Waals surface area contributed by atoms with E-state index >= 15 is 0 Å². The van der Waals surface area contributed by atoms with E-state index in [0.717, 1.165) is 17.8 Å². The summed E-state index contributed by atoms with van der Waals surface area (Å²) in [6.45, 7) is 5.90. The molecular weight excluding hydrogens is 258 g/mol. The fourth-order valence-electron chi connectivity index (χ4n) is 2.32. The standard InChI is InChI=1S/C14H21N3OS/c1-11-9-12(14(15)19)10-13(16-11)18-8-7-17-5-3-2-4-6-17/h9-10H,2-8H2,1H3,(H2,15,19). The molecule has 2 N–H and O–H groups in total. The van der Waals surface area contributed by atoms with Crippen LogP contribution in [0.4, 0.5) is 0 Å². The number of hydrogen-bond donors (Lipinski definition) is 1. The second-order valence-corrected chi connectivity index (χ2v) is 5.39. The van der Waals surface area contributed by atoms with E-state index in [9.17, 15) is 0 Å². The van der Waals surface area contributed by atoms with Crippen molar-refractivity contribution in [3.8, 4) is 5.88 Å². The van der Waals surface area contributed by atoms with Crippen LogP contribution in [0, 0.1) is 6.92 Å². The minimum Gasteiger partial charge on any atom is -0.476 e. The van der Waals surface area contributed by atoms with Gasteiger partial charge in [-0.15, -0.1) is 0 Å². The lowest BCUT2D eigenvalue weighted by Gasteiger charge is -2.26. The smallest absolute Gasteiger partial charge is 0.214 e. The molecule has 1 aromatic rings. The van der Waals surface area contributed by atoms with Gasteiger partial charge in [0, 0.05) is 23.9 Å². The summed E-state index contributed by atoms with van der Waals surface area (Å²) in [5.41, 5.74) is 7.33. The van der Waals surface area contributed by atoms with Crippen molar-refractivity contribution < 1.29 is 4.74 Å². The molecule has 1 saturated heterocycles. The van der Waals surface area contributed by atoms with Crippen LogP contribution in [0.3, 0.4) is 0 Å². The Kier molecular flexibility index (Phi) is 5.10. The van der Waals surface area contributed by atoms with Gasteiger partial charge < -0.3 is 10.5 Å². The number of piperidine rings is 1. The van der Waals surface area contributed by atoms with Gasteiger partial charge in [-0.05, 0) is 38.9 Å². The van der Waals surface area contributed by atoms with Gasteiger partial charge in [0.25, 0.3) is 0 Å². The molecule has 104 valence electrons. The molecule has 1 fully saturated rings. The van der Waals surface area contributed by atoms with Crippen molar-refractivity contribution >= 4 is 17.2 Å². The summed E-state index contributed by atoms with van der Waals surface area (Å²) < 4.78 is 5.71. The number of aryl methyl sites for hydroxylation is 1. The Morgan fingerprint density at radius 2 is 2.11 bits per heavy atom. The van der Waals surface area contributed by atoms with Crippen LogP contribution in [0.5, 0.6) is 5.88 Å². The number of nitrogens with zero attached hydrogens (tertiary/aromatic N) is 2. The molecule has 0 amide bonds. The molecule has 1 aliphatic rings. The van der Waals surface area contributed by atoms with Crippen LogP contribution in [-0.4, -0.2) is 41.1 Å². The van der Waals surface area contributed by atoms with Gasteiger partial charge in [0.05, 0.1) is 0 Å². The summed E-state index contributed by atoms with van der Waals surface area (Å²) in [6.07, 6.45) is 3.96. The third-order valence-corrected chi connectivity index (χ3v) is 3.56. The zero-order valence-electron chi connectivity index (χ0n) is 11.4. The van der Waals surface area contributed by atoms with Crippen LogP contribution in [0.15, 0.2) is 12.1 Å². The van der Waals surface area contributed by atoms with Gasteiger partial charge in [-0.2, -0.15) is 0 Å². The summed E-state index contributed by atoms with van der Waals surface area (Å²) in [4.78, 5) is 7.16. The van der Waals surface area contributed by atoms with Gasteiger partial charge in [-0.25, -0.2) is 4.98 Å². The summed E-state index contributed by atoms with van der Waals surface area (Å²) in [7, 11) is 0.